The molecule has 2 amide bonds. The Morgan fingerprint density at radius 2 is 1.68 bits per heavy atom. The Kier molecular flexibility index (Phi) is 7.10. The van der Waals surface area contributed by atoms with Crippen LogP contribution in [-0.4, -0.2) is 33.9 Å². The van der Waals surface area contributed by atoms with Crippen LogP contribution in [-0.2, 0) is 11.3 Å². The second-order valence-electron chi connectivity index (χ2n) is 5.41. The molecule has 0 fully saturated rings. The Bertz CT molecular complexity index is 673. The molecule has 0 aromatic heterocycles. The molecule has 0 spiro atoms. The molecule has 0 saturated carbocycles. The summed E-state index contributed by atoms with van der Waals surface area (Å²) < 4.78 is 15.8. The van der Waals surface area contributed by atoms with Gasteiger partial charge in [0.1, 0.15) is 11.5 Å². The normalized spacial score (nSPS) is 11.5. The summed E-state index contributed by atoms with van der Waals surface area (Å²) in [6, 6.07) is 14.9. The Hall–Kier alpha value is -2.73. The summed E-state index contributed by atoms with van der Waals surface area (Å²) in [6.45, 7) is 0.796. The van der Waals surface area contributed by atoms with Crippen LogP contribution in [0.2, 0.25) is 0 Å². The van der Waals surface area contributed by atoms with Gasteiger partial charge >= 0.3 is 6.03 Å². The molecule has 2 aromatic carbocycles. The largest absolute Gasteiger partial charge is 0.497 e. The van der Waals surface area contributed by atoms with E-state index < -0.39 is 0 Å². The van der Waals surface area contributed by atoms with Crippen molar-refractivity contribution in [1.29, 1.82) is 0 Å². The first-order chi connectivity index (χ1) is 12.2. The molecule has 134 valence electrons. The Labute approximate surface area is 148 Å². The van der Waals surface area contributed by atoms with Crippen LogP contribution >= 0.6 is 0 Å². The number of benzene rings is 2. The molecule has 6 heteroatoms. The first kappa shape index (κ1) is 18.6. The van der Waals surface area contributed by atoms with E-state index in [9.17, 15) is 4.79 Å². The second kappa shape index (κ2) is 9.54. The van der Waals surface area contributed by atoms with Gasteiger partial charge in [-0.1, -0.05) is 24.3 Å². The molecular formula is C19H24N2O4. The lowest BCUT2D eigenvalue weighted by Crippen LogP contribution is -2.37. The Morgan fingerprint density at radius 1 is 0.960 bits per heavy atom. The first-order valence-corrected chi connectivity index (χ1v) is 7.97. The van der Waals surface area contributed by atoms with E-state index in [4.69, 9.17) is 14.2 Å². The third kappa shape index (κ3) is 5.69. The number of ether oxygens (including phenoxy) is 3. The third-order valence-electron chi connectivity index (χ3n) is 3.81. The predicted molar refractivity (Wildman–Crippen MR) is 96.0 cm³/mol. The van der Waals surface area contributed by atoms with Gasteiger partial charge in [-0.25, -0.2) is 4.79 Å². The Morgan fingerprint density at radius 3 is 2.32 bits per heavy atom. The number of urea groups is 1. The molecule has 0 heterocycles. The molecule has 1 unspecified atom stereocenters. The van der Waals surface area contributed by atoms with Crippen molar-refractivity contribution in [3.63, 3.8) is 0 Å². The molecule has 2 rings (SSSR count). The molecule has 0 aliphatic carbocycles. The van der Waals surface area contributed by atoms with Gasteiger partial charge in [0.15, 0.2) is 0 Å². The van der Waals surface area contributed by atoms with E-state index >= 15 is 0 Å². The van der Waals surface area contributed by atoms with Crippen molar-refractivity contribution in [1.82, 2.24) is 10.6 Å². The number of rotatable bonds is 8. The van der Waals surface area contributed by atoms with Gasteiger partial charge in [-0.3, -0.25) is 0 Å². The van der Waals surface area contributed by atoms with E-state index in [0.717, 1.165) is 22.6 Å². The summed E-state index contributed by atoms with van der Waals surface area (Å²) in [7, 11) is 4.85. The van der Waals surface area contributed by atoms with Crippen LogP contribution in [0.25, 0.3) is 0 Å². The topological polar surface area (TPSA) is 68.8 Å². The maximum absolute atomic E-state index is 12.0. The molecule has 0 bridgehead atoms. The number of hydrogen-bond donors (Lipinski definition) is 2. The molecule has 0 aliphatic heterocycles. The van der Waals surface area contributed by atoms with Crippen LogP contribution in [0.5, 0.6) is 11.5 Å². The van der Waals surface area contributed by atoms with Crippen molar-refractivity contribution < 1.29 is 19.0 Å². The van der Waals surface area contributed by atoms with Crippen LogP contribution < -0.4 is 20.1 Å². The predicted octanol–water partition coefficient (Wildman–Crippen LogP) is 2.89. The standard InChI is InChI=1S/C19H24N2O4/c1-23-16-9-7-14(8-10-16)12-20-19(22)21-13-18(25-3)15-5-4-6-17(11-15)24-2/h4-11,18H,12-13H2,1-3H3,(H2,20,21,22). The summed E-state index contributed by atoms with van der Waals surface area (Å²) in [4.78, 5) is 12.0. The minimum atomic E-state index is -0.249. The third-order valence-corrected chi connectivity index (χ3v) is 3.81. The van der Waals surface area contributed by atoms with E-state index in [1.807, 2.05) is 48.5 Å². The smallest absolute Gasteiger partial charge is 0.315 e. The summed E-state index contributed by atoms with van der Waals surface area (Å²) in [5.74, 6) is 1.54. The second-order valence-corrected chi connectivity index (χ2v) is 5.41. The van der Waals surface area contributed by atoms with Gasteiger partial charge in [-0.15, -0.1) is 0 Å². The number of hydrogen-bond acceptors (Lipinski definition) is 4. The van der Waals surface area contributed by atoms with Gasteiger partial charge < -0.3 is 24.8 Å². The average molecular weight is 344 g/mol. The van der Waals surface area contributed by atoms with Crippen molar-refractivity contribution in [2.24, 2.45) is 0 Å². The molecule has 1 atom stereocenters. The minimum Gasteiger partial charge on any atom is -0.497 e. The van der Waals surface area contributed by atoms with Gasteiger partial charge in [-0.05, 0) is 35.4 Å². The highest BCUT2D eigenvalue weighted by molar-refractivity contribution is 5.73. The molecule has 2 N–H and O–H groups in total. The summed E-state index contributed by atoms with van der Waals surface area (Å²) in [6.07, 6.45) is -0.248. The lowest BCUT2D eigenvalue weighted by atomic mass is 10.1. The van der Waals surface area contributed by atoms with E-state index in [0.29, 0.717) is 13.1 Å². The van der Waals surface area contributed by atoms with Crippen molar-refractivity contribution in [2.75, 3.05) is 27.9 Å². The van der Waals surface area contributed by atoms with Crippen molar-refractivity contribution in [3.05, 3.63) is 59.7 Å². The summed E-state index contributed by atoms with van der Waals surface area (Å²) in [5.41, 5.74) is 1.93. The average Bonchev–Trinajstić information content (AvgIpc) is 2.67. The van der Waals surface area contributed by atoms with Crippen LogP contribution in [0.4, 0.5) is 4.79 Å². The number of methoxy groups -OCH3 is 3. The number of carbonyl (C=O) groups excluding carboxylic acids is 1. The number of carbonyl (C=O) groups is 1. The summed E-state index contributed by atoms with van der Waals surface area (Å²) >= 11 is 0. The zero-order valence-corrected chi connectivity index (χ0v) is 14.7. The van der Waals surface area contributed by atoms with E-state index in [1.54, 1.807) is 21.3 Å². The Balaban J connectivity index is 1.82. The maximum atomic E-state index is 12.0. The molecule has 2 aromatic rings. The lowest BCUT2D eigenvalue weighted by Gasteiger charge is -2.17. The van der Waals surface area contributed by atoms with Crippen LogP contribution in [0.1, 0.15) is 17.2 Å². The fourth-order valence-corrected chi connectivity index (χ4v) is 2.35. The van der Waals surface area contributed by atoms with Crippen LogP contribution in [0.3, 0.4) is 0 Å². The van der Waals surface area contributed by atoms with Gasteiger partial charge in [0, 0.05) is 20.2 Å². The van der Waals surface area contributed by atoms with Crippen molar-refractivity contribution >= 4 is 6.03 Å². The zero-order valence-electron chi connectivity index (χ0n) is 14.7. The van der Waals surface area contributed by atoms with Crippen LogP contribution in [0, 0.1) is 0 Å². The maximum Gasteiger partial charge on any atom is 0.315 e. The van der Waals surface area contributed by atoms with E-state index in [1.165, 1.54) is 0 Å². The molecule has 0 saturated heterocycles. The lowest BCUT2D eigenvalue weighted by molar-refractivity contribution is 0.104. The first-order valence-electron chi connectivity index (χ1n) is 7.97. The van der Waals surface area contributed by atoms with Crippen LogP contribution in [0.15, 0.2) is 48.5 Å². The molecule has 0 radical (unpaired) electrons. The molecule has 25 heavy (non-hydrogen) atoms. The van der Waals surface area contributed by atoms with Gasteiger partial charge in [0.25, 0.3) is 0 Å². The number of amides is 2. The van der Waals surface area contributed by atoms with Gasteiger partial charge in [0.05, 0.1) is 20.3 Å². The van der Waals surface area contributed by atoms with Crippen molar-refractivity contribution in [2.45, 2.75) is 12.6 Å². The molecule has 6 nitrogen and oxygen atoms in total. The highest BCUT2D eigenvalue weighted by atomic mass is 16.5. The fourth-order valence-electron chi connectivity index (χ4n) is 2.35. The van der Waals surface area contributed by atoms with Gasteiger partial charge in [0.2, 0.25) is 0 Å². The number of nitrogens with one attached hydrogen (secondary N) is 2. The monoisotopic (exact) mass is 344 g/mol. The SMILES string of the molecule is COc1ccc(CNC(=O)NCC(OC)c2cccc(OC)c2)cc1. The fraction of sp³-hybridized carbons (Fsp3) is 0.316. The minimum absolute atomic E-state index is 0.248. The zero-order chi connectivity index (χ0) is 18.1. The highest BCUT2D eigenvalue weighted by Gasteiger charge is 2.12. The van der Waals surface area contributed by atoms with Crippen molar-refractivity contribution in [3.8, 4) is 11.5 Å². The highest BCUT2D eigenvalue weighted by Crippen LogP contribution is 2.20. The van der Waals surface area contributed by atoms with Gasteiger partial charge in [-0.2, -0.15) is 0 Å². The van der Waals surface area contributed by atoms with E-state index in [2.05, 4.69) is 10.6 Å². The van der Waals surface area contributed by atoms with E-state index in [-0.39, 0.29) is 12.1 Å². The molecule has 0 aliphatic rings. The quantitative estimate of drug-likeness (QED) is 0.773. The summed E-state index contributed by atoms with van der Waals surface area (Å²) in [5, 5.41) is 5.64. The molecular weight excluding hydrogens is 320 g/mol.